The van der Waals surface area contributed by atoms with Crippen LogP contribution in [0.5, 0.6) is 0 Å². The van der Waals surface area contributed by atoms with Gasteiger partial charge >= 0.3 is 0 Å². The van der Waals surface area contributed by atoms with Gasteiger partial charge in [-0.15, -0.1) is 0 Å². The van der Waals surface area contributed by atoms with Gasteiger partial charge in [-0.25, -0.2) is 4.98 Å². The Balaban J connectivity index is 3.03. The Kier molecular flexibility index (Phi) is 2.66. The minimum Gasteiger partial charge on any atom is -0.295 e. The third-order valence-electron chi connectivity index (χ3n) is 1.38. The Labute approximate surface area is 71.0 Å². The van der Waals surface area contributed by atoms with Crippen molar-refractivity contribution in [3.05, 3.63) is 29.0 Å². The van der Waals surface area contributed by atoms with Gasteiger partial charge in [-0.1, -0.05) is 11.6 Å². The van der Waals surface area contributed by atoms with Crippen molar-refractivity contribution in [1.29, 1.82) is 0 Å². The van der Waals surface area contributed by atoms with Crippen LogP contribution in [0.15, 0.2) is 18.3 Å². The van der Waals surface area contributed by atoms with Crippen LogP contribution in [0.3, 0.4) is 0 Å². The molecule has 0 aliphatic carbocycles. The molecule has 1 aromatic heterocycles. The summed E-state index contributed by atoms with van der Waals surface area (Å²) in [7, 11) is 1.80. The summed E-state index contributed by atoms with van der Waals surface area (Å²) in [5.41, 5.74) is 0.511. The van der Waals surface area contributed by atoms with Crippen LogP contribution in [-0.2, 0) is 0 Å². The number of aromatic nitrogens is 1. The van der Waals surface area contributed by atoms with Gasteiger partial charge in [-0.05, 0) is 18.5 Å². The molecule has 0 saturated carbocycles. The van der Waals surface area contributed by atoms with E-state index in [0.29, 0.717) is 17.0 Å². The number of ketones is 1. The molecule has 0 atom stereocenters. The molecule has 0 aromatic carbocycles. The molecule has 1 heterocycles. The predicted octanol–water partition coefficient (Wildman–Crippen LogP) is 0.969. The Morgan fingerprint density at radius 1 is 1.73 bits per heavy atom. The molecule has 4 heteroatoms. The van der Waals surface area contributed by atoms with Crippen LogP contribution in [0, 0.1) is 0 Å². The van der Waals surface area contributed by atoms with E-state index in [1.165, 1.54) is 0 Å². The zero-order chi connectivity index (χ0) is 8.27. The highest BCUT2D eigenvalue weighted by Gasteiger charge is 2.06. The zero-order valence-corrected chi connectivity index (χ0v) is 6.93. The number of hydrogen-bond acceptors (Lipinski definition) is 2. The number of hydrogen-bond donors (Lipinski definition) is 0. The maximum Gasteiger partial charge on any atom is 0.158 e. The van der Waals surface area contributed by atoms with E-state index < -0.39 is 0 Å². The van der Waals surface area contributed by atoms with Gasteiger partial charge in [0.05, 0.1) is 5.56 Å². The lowest BCUT2D eigenvalue weighted by Crippen LogP contribution is -1.98. The van der Waals surface area contributed by atoms with E-state index in [9.17, 15) is 4.79 Å². The Bertz CT molecular complexity index is 277. The average molecular weight is 167 g/mol. The Morgan fingerprint density at radius 2 is 2.45 bits per heavy atom. The number of pyridine rings is 1. The second-order valence-corrected chi connectivity index (χ2v) is 2.48. The van der Waals surface area contributed by atoms with Gasteiger partial charge in [0.25, 0.3) is 0 Å². The highest BCUT2D eigenvalue weighted by atomic mass is 35.5. The molecule has 2 nitrogen and oxygen atoms in total. The summed E-state index contributed by atoms with van der Waals surface area (Å²) >= 11 is 5.67. The van der Waals surface area contributed by atoms with Crippen molar-refractivity contribution >= 4 is 25.2 Å². The first-order chi connectivity index (χ1) is 5.25. The number of nitrogens with zero attached hydrogens (tertiary/aromatic N) is 1. The van der Waals surface area contributed by atoms with Crippen molar-refractivity contribution in [2.45, 2.75) is 6.32 Å². The van der Waals surface area contributed by atoms with Crippen molar-refractivity contribution in [1.82, 2.24) is 4.98 Å². The number of carbonyl (C=O) groups excluding carboxylic acids is 1. The second-order valence-electron chi connectivity index (χ2n) is 2.12. The topological polar surface area (TPSA) is 30.0 Å². The van der Waals surface area contributed by atoms with E-state index in [-0.39, 0.29) is 5.78 Å². The van der Waals surface area contributed by atoms with Crippen molar-refractivity contribution in [3.8, 4) is 0 Å². The predicted molar refractivity (Wildman–Crippen MR) is 46.9 cm³/mol. The van der Waals surface area contributed by atoms with E-state index in [1.807, 2.05) is 0 Å². The number of Topliss-reactive ketones (excluding diaryl/α,β-unsaturated/α-hetero) is 1. The highest BCUT2D eigenvalue weighted by Crippen LogP contribution is 2.12. The second kappa shape index (κ2) is 3.53. The third-order valence-corrected chi connectivity index (χ3v) is 1.68. The average Bonchev–Trinajstić information content (AvgIpc) is 2.04. The monoisotopic (exact) mass is 167 g/mol. The minimum absolute atomic E-state index is 0.0306. The molecule has 56 valence electrons. The van der Waals surface area contributed by atoms with Gasteiger partial charge in [-0.3, -0.25) is 4.79 Å². The molecule has 1 rings (SSSR count). The van der Waals surface area contributed by atoms with E-state index in [2.05, 4.69) is 4.98 Å². The minimum atomic E-state index is 0.0306. The SMILES string of the molecule is BCC(=O)c1cccnc1Cl. The normalized spacial score (nSPS) is 9.55. The van der Waals surface area contributed by atoms with Crippen LogP contribution in [0.25, 0.3) is 0 Å². The third kappa shape index (κ3) is 1.81. The van der Waals surface area contributed by atoms with Crippen molar-refractivity contribution < 1.29 is 4.79 Å². The fraction of sp³-hybridized carbons (Fsp3) is 0.143. The lowest BCUT2D eigenvalue weighted by molar-refractivity contribution is 0.101. The first-order valence-electron chi connectivity index (χ1n) is 3.39. The first-order valence-corrected chi connectivity index (χ1v) is 3.77. The molecular formula is C7H7BClNO. The molecule has 0 N–H and O–H groups in total. The summed E-state index contributed by atoms with van der Waals surface area (Å²) in [6.07, 6.45) is 2.03. The van der Waals surface area contributed by atoms with Gasteiger partial charge in [-0.2, -0.15) is 0 Å². The van der Waals surface area contributed by atoms with Crippen LogP contribution in [-0.4, -0.2) is 18.6 Å². The summed E-state index contributed by atoms with van der Waals surface area (Å²) in [6.45, 7) is 0. The lowest BCUT2D eigenvalue weighted by atomic mass is 9.97. The van der Waals surface area contributed by atoms with E-state index in [4.69, 9.17) is 11.6 Å². The van der Waals surface area contributed by atoms with Gasteiger partial charge in [0, 0.05) is 6.20 Å². The first kappa shape index (κ1) is 8.27. The Morgan fingerprint density at radius 3 is 3.00 bits per heavy atom. The molecule has 0 saturated heterocycles. The molecule has 0 aliphatic rings. The molecule has 0 radical (unpaired) electrons. The van der Waals surface area contributed by atoms with Gasteiger partial charge < -0.3 is 0 Å². The van der Waals surface area contributed by atoms with E-state index >= 15 is 0 Å². The molecule has 1 aromatic rings. The van der Waals surface area contributed by atoms with Crippen LogP contribution in [0.1, 0.15) is 10.4 Å². The number of rotatable bonds is 2. The molecule has 0 amide bonds. The Hall–Kier alpha value is -0.825. The van der Waals surface area contributed by atoms with Crippen molar-refractivity contribution in [2.24, 2.45) is 0 Å². The van der Waals surface area contributed by atoms with E-state index in [0.717, 1.165) is 0 Å². The largest absolute Gasteiger partial charge is 0.295 e. The van der Waals surface area contributed by atoms with Crippen LogP contribution in [0.2, 0.25) is 11.5 Å². The molecule has 11 heavy (non-hydrogen) atoms. The molecule has 0 bridgehead atoms. The fourth-order valence-electron chi connectivity index (χ4n) is 0.784. The van der Waals surface area contributed by atoms with Crippen molar-refractivity contribution in [2.75, 3.05) is 0 Å². The number of carbonyl (C=O) groups is 1. The molecule has 0 unspecified atom stereocenters. The quantitative estimate of drug-likeness (QED) is 0.373. The standard InChI is InChI=1S/C7H7BClNO/c8-4-6(11)5-2-1-3-10-7(5)9/h1-3H,4,8H2. The van der Waals surface area contributed by atoms with Gasteiger partial charge in [0.1, 0.15) is 13.0 Å². The summed E-state index contributed by atoms with van der Waals surface area (Å²) in [5, 5.41) is 0.291. The summed E-state index contributed by atoms with van der Waals surface area (Å²) in [6, 6.07) is 3.38. The smallest absolute Gasteiger partial charge is 0.158 e. The maximum atomic E-state index is 11.1. The fourth-order valence-corrected chi connectivity index (χ4v) is 1.01. The highest BCUT2D eigenvalue weighted by molar-refractivity contribution is 6.34. The number of halogens is 1. The van der Waals surface area contributed by atoms with Gasteiger partial charge in [0.2, 0.25) is 0 Å². The van der Waals surface area contributed by atoms with Gasteiger partial charge in [0.15, 0.2) is 5.78 Å². The lowest BCUT2D eigenvalue weighted by Gasteiger charge is -1.97. The summed E-state index contributed by atoms with van der Waals surface area (Å²) in [4.78, 5) is 14.9. The van der Waals surface area contributed by atoms with Crippen LogP contribution >= 0.6 is 11.6 Å². The molecular weight excluding hydrogens is 160 g/mol. The molecule has 0 spiro atoms. The summed E-state index contributed by atoms with van der Waals surface area (Å²) < 4.78 is 0. The molecule has 0 fully saturated rings. The van der Waals surface area contributed by atoms with Crippen LogP contribution in [0.4, 0.5) is 0 Å². The molecule has 0 aliphatic heterocycles. The van der Waals surface area contributed by atoms with Crippen molar-refractivity contribution in [3.63, 3.8) is 0 Å². The van der Waals surface area contributed by atoms with Crippen LogP contribution < -0.4 is 0 Å². The summed E-state index contributed by atoms with van der Waals surface area (Å²) in [5.74, 6) is 0.0306. The zero-order valence-electron chi connectivity index (χ0n) is 6.17. The maximum absolute atomic E-state index is 11.1. The van der Waals surface area contributed by atoms with E-state index in [1.54, 1.807) is 26.2 Å².